The van der Waals surface area contributed by atoms with Gasteiger partial charge in [-0.2, -0.15) is 0 Å². The number of rotatable bonds is 3. The van der Waals surface area contributed by atoms with Crippen molar-refractivity contribution in [2.75, 3.05) is 0 Å². The molecule has 0 heterocycles. The molecule has 0 aromatic rings. The second kappa shape index (κ2) is 4.37. The van der Waals surface area contributed by atoms with Crippen LogP contribution in [0.4, 0.5) is 0 Å². The summed E-state index contributed by atoms with van der Waals surface area (Å²) in [6, 6.07) is 0. The van der Waals surface area contributed by atoms with E-state index in [1.54, 1.807) is 6.08 Å². The van der Waals surface area contributed by atoms with Crippen LogP contribution in [-0.4, -0.2) is 25.1 Å². The predicted octanol–water partition coefficient (Wildman–Crippen LogP) is 3.64. The van der Waals surface area contributed by atoms with E-state index >= 15 is 0 Å². The molecule has 0 unspecified atom stereocenters. The van der Waals surface area contributed by atoms with Crippen LogP contribution in [-0.2, 0) is 4.43 Å². The van der Waals surface area contributed by atoms with E-state index < -0.39 is 13.9 Å². The highest BCUT2D eigenvalue weighted by Crippen LogP contribution is 2.40. The normalized spacial score (nSPS) is 30.3. The van der Waals surface area contributed by atoms with Crippen LogP contribution >= 0.6 is 0 Å². The molecule has 3 heteroatoms. The maximum atomic E-state index is 10.2. The molecule has 0 amide bonds. The molecule has 1 aliphatic carbocycles. The maximum absolute atomic E-state index is 10.2. The lowest BCUT2D eigenvalue weighted by molar-refractivity contribution is 0.0715. The fourth-order valence-electron chi connectivity index (χ4n) is 1.87. The Morgan fingerprint density at radius 3 is 2.41 bits per heavy atom. The molecule has 0 saturated carbocycles. The molecule has 1 aliphatic rings. The van der Waals surface area contributed by atoms with Crippen molar-refractivity contribution in [2.45, 2.75) is 64.0 Å². The fraction of sp³-hybridized carbons (Fsp3) is 0.714. The summed E-state index contributed by atoms with van der Waals surface area (Å²) < 4.78 is 6.29. The highest BCUT2D eigenvalue weighted by Gasteiger charge is 2.42. The molecule has 0 aromatic carbocycles. The molecule has 2 atom stereocenters. The molecule has 0 bridgehead atoms. The first-order valence-corrected chi connectivity index (χ1v) is 9.15. The van der Waals surface area contributed by atoms with E-state index in [2.05, 4.69) is 40.4 Å². The van der Waals surface area contributed by atoms with Crippen LogP contribution in [0.3, 0.4) is 0 Å². The second-order valence-corrected chi connectivity index (χ2v) is 11.5. The minimum Gasteiger partial charge on any atom is -0.410 e. The van der Waals surface area contributed by atoms with Crippen molar-refractivity contribution in [2.24, 2.45) is 0 Å². The third-order valence-corrected chi connectivity index (χ3v) is 8.56. The van der Waals surface area contributed by atoms with Gasteiger partial charge < -0.3 is 9.53 Å². The number of hydrogen-bond acceptors (Lipinski definition) is 2. The summed E-state index contributed by atoms with van der Waals surface area (Å²) in [4.78, 5) is 0. The largest absolute Gasteiger partial charge is 0.410 e. The Bertz CT molecular complexity index is 335. The quantitative estimate of drug-likeness (QED) is 0.779. The first kappa shape index (κ1) is 14.7. The minimum atomic E-state index is -1.76. The SMILES string of the molecule is C=CC1=C[C@H](O[Si](C)(C)C(C)(C)C)C[C@]1(C)O. The van der Waals surface area contributed by atoms with E-state index in [0.29, 0.717) is 6.42 Å². The number of aliphatic hydroxyl groups is 1. The molecule has 1 rings (SSSR count). The van der Waals surface area contributed by atoms with Crippen molar-refractivity contribution in [1.29, 1.82) is 0 Å². The van der Waals surface area contributed by atoms with Crippen LogP contribution in [0.15, 0.2) is 24.3 Å². The third-order valence-electron chi connectivity index (χ3n) is 4.06. The van der Waals surface area contributed by atoms with Crippen LogP contribution in [0.5, 0.6) is 0 Å². The van der Waals surface area contributed by atoms with Crippen LogP contribution in [0, 0.1) is 0 Å². The molecule has 0 aromatic heterocycles. The highest BCUT2D eigenvalue weighted by atomic mass is 28.4. The summed E-state index contributed by atoms with van der Waals surface area (Å²) in [5, 5.41) is 10.4. The zero-order valence-corrected chi connectivity index (χ0v) is 13.0. The first-order valence-electron chi connectivity index (χ1n) is 6.24. The Kier molecular flexibility index (Phi) is 3.78. The van der Waals surface area contributed by atoms with Gasteiger partial charge >= 0.3 is 0 Å². The smallest absolute Gasteiger partial charge is 0.192 e. The maximum Gasteiger partial charge on any atom is 0.192 e. The van der Waals surface area contributed by atoms with Crippen LogP contribution in [0.2, 0.25) is 18.1 Å². The molecular weight excluding hydrogens is 228 g/mol. The molecule has 2 nitrogen and oxygen atoms in total. The molecule has 17 heavy (non-hydrogen) atoms. The van der Waals surface area contributed by atoms with Crippen molar-refractivity contribution in [3.8, 4) is 0 Å². The summed E-state index contributed by atoms with van der Waals surface area (Å²) in [7, 11) is -1.76. The first-order chi connectivity index (χ1) is 7.49. The molecule has 0 saturated heterocycles. The standard InChI is InChI=1S/C14H26O2Si/c1-8-11-9-12(10-14(11,5)15)16-17(6,7)13(2,3)4/h8-9,12,15H,1,10H2,2-7H3/t12-,14-/m0/s1. The van der Waals surface area contributed by atoms with Gasteiger partial charge in [-0.05, 0) is 30.6 Å². The Morgan fingerprint density at radius 2 is 2.06 bits per heavy atom. The van der Waals surface area contributed by atoms with Gasteiger partial charge in [-0.3, -0.25) is 0 Å². The Morgan fingerprint density at radius 1 is 1.53 bits per heavy atom. The fourth-order valence-corrected chi connectivity index (χ4v) is 3.13. The van der Waals surface area contributed by atoms with Gasteiger partial charge in [0.25, 0.3) is 0 Å². The third kappa shape index (κ3) is 3.09. The summed E-state index contributed by atoms with van der Waals surface area (Å²) in [5.74, 6) is 0. The average Bonchev–Trinajstić information content (AvgIpc) is 2.36. The van der Waals surface area contributed by atoms with Crippen LogP contribution in [0.1, 0.15) is 34.1 Å². The zero-order chi connectivity index (χ0) is 13.5. The summed E-state index contributed by atoms with van der Waals surface area (Å²) in [6.07, 6.45) is 4.42. The second-order valence-electron chi connectivity index (χ2n) is 6.72. The van der Waals surface area contributed by atoms with Gasteiger partial charge in [0, 0.05) is 6.42 Å². The van der Waals surface area contributed by atoms with E-state index in [1.165, 1.54) is 0 Å². The predicted molar refractivity (Wildman–Crippen MR) is 75.6 cm³/mol. The van der Waals surface area contributed by atoms with E-state index in [-0.39, 0.29) is 11.1 Å². The van der Waals surface area contributed by atoms with Gasteiger partial charge in [0.2, 0.25) is 0 Å². The molecule has 98 valence electrons. The van der Waals surface area contributed by atoms with Gasteiger partial charge in [0.15, 0.2) is 8.32 Å². The summed E-state index contributed by atoms with van der Waals surface area (Å²) in [5.41, 5.74) is 0.107. The Hall–Kier alpha value is -0.383. The Balaban J connectivity index is 2.81. The number of hydrogen-bond donors (Lipinski definition) is 1. The molecule has 1 N–H and O–H groups in total. The molecule has 0 fully saturated rings. The minimum absolute atomic E-state index is 0.0268. The lowest BCUT2D eigenvalue weighted by Gasteiger charge is -2.38. The van der Waals surface area contributed by atoms with E-state index in [4.69, 9.17) is 4.43 Å². The van der Waals surface area contributed by atoms with Gasteiger partial charge in [0.05, 0.1) is 11.7 Å². The van der Waals surface area contributed by atoms with Crippen molar-refractivity contribution in [1.82, 2.24) is 0 Å². The van der Waals surface area contributed by atoms with Gasteiger partial charge in [-0.25, -0.2) is 0 Å². The van der Waals surface area contributed by atoms with Gasteiger partial charge in [-0.1, -0.05) is 39.5 Å². The average molecular weight is 254 g/mol. The van der Waals surface area contributed by atoms with Crippen LogP contribution in [0.25, 0.3) is 0 Å². The lowest BCUT2D eigenvalue weighted by Crippen LogP contribution is -2.43. The van der Waals surface area contributed by atoms with Crippen molar-refractivity contribution >= 4 is 8.32 Å². The zero-order valence-electron chi connectivity index (χ0n) is 12.0. The highest BCUT2D eigenvalue weighted by molar-refractivity contribution is 6.74. The van der Waals surface area contributed by atoms with Crippen molar-refractivity contribution in [3.05, 3.63) is 24.3 Å². The monoisotopic (exact) mass is 254 g/mol. The van der Waals surface area contributed by atoms with E-state index in [9.17, 15) is 5.11 Å². The molecular formula is C14H26O2Si. The van der Waals surface area contributed by atoms with Gasteiger partial charge in [-0.15, -0.1) is 0 Å². The van der Waals surface area contributed by atoms with Crippen molar-refractivity contribution in [3.63, 3.8) is 0 Å². The van der Waals surface area contributed by atoms with Crippen molar-refractivity contribution < 1.29 is 9.53 Å². The lowest BCUT2D eigenvalue weighted by atomic mass is 9.98. The topological polar surface area (TPSA) is 29.5 Å². The van der Waals surface area contributed by atoms with Crippen LogP contribution < -0.4 is 0 Å². The summed E-state index contributed by atoms with van der Waals surface area (Å²) >= 11 is 0. The summed E-state index contributed by atoms with van der Waals surface area (Å²) in [6.45, 7) is 16.7. The Labute approximate surface area is 107 Å². The van der Waals surface area contributed by atoms with Gasteiger partial charge in [0.1, 0.15) is 0 Å². The molecule has 0 aliphatic heterocycles. The van der Waals surface area contributed by atoms with E-state index in [0.717, 1.165) is 5.57 Å². The molecule has 0 radical (unpaired) electrons. The van der Waals surface area contributed by atoms with E-state index in [1.807, 2.05) is 13.0 Å². The molecule has 0 spiro atoms.